The van der Waals surface area contributed by atoms with Crippen molar-refractivity contribution in [2.24, 2.45) is 5.92 Å². The van der Waals surface area contributed by atoms with Crippen LogP contribution in [-0.4, -0.2) is 69.5 Å². The van der Waals surface area contributed by atoms with Crippen LogP contribution in [0.15, 0.2) is 54.6 Å². The van der Waals surface area contributed by atoms with Crippen LogP contribution in [0.2, 0.25) is 0 Å². The van der Waals surface area contributed by atoms with Gasteiger partial charge in [-0.05, 0) is 56.0 Å². The van der Waals surface area contributed by atoms with E-state index in [1.165, 1.54) is 23.1 Å². The molecule has 2 fully saturated rings. The monoisotopic (exact) mass is 591 g/mol. The molecule has 0 bridgehead atoms. The molecular weight excluding hydrogens is 554 g/mol. The van der Waals surface area contributed by atoms with Gasteiger partial charge in [0.1, 0.15) is 0 Å². The smallest absolute Gasteiger partial charge is 0.269 e. The topological polar surface area (TPSA) is 165 Å². The van der Waals surface area contributed by atoms with E-state index >= 15 is 0 Å². The summed E-state index contributed by atoms with van der Waals surface area (Å²) in [5.74, 6) is -1.69. The third-order valence-corrected chi connectivity index (χ3v) is 8.69. The number of likely N-dealkylation sites (tertiary alicyclic amines) is 1. The molecule has 12 nitrogen and oxygen atoms in total. The van der Waals surface area contributed by atoms with E-state index in [-0.39, 0.29) is 54.7 Å². The number of fused-ring (bicyclic) bond motifs is 1. The number of non-ortho nitro benzene ring substituents is 1. The van der Waals surface area contributed by atoms with Gasteiger partial charge in [0, 0.05) is 42.3 Å². The summed E-state index contributed by atoms with van der Waals surface area (Å²) in [7, 11) is 0. The molecule has 3 amide bonds. The van der Waals surface area contributed by atoms with Gasteiger partial charge < -0.3 is 30.6 Å². The van der Waals surface area contributed by atoms with E-state index in [0.717, 1.165) is 37.8 Å². The predicted octanol–water partition coefficient (Wildman–Crippen LogP) is 2.59. The summed E-state index contributed by atoms with van der Waals surface area (Å²) in [5, 5.41) is 39.0. The average molecular weight is 592 g/mol. The summed E-state index contributed by atoms with van der Waals surface area (Å²) < 4.78 is 0. The van der Waals surface area contributed by atoms with Gasteiger partial charge >= 0.3 is 0 Å². The Morgan fingerprint density at radius 3 is 2.65 bits per heavy atom. The molecule has 43 heavy (non-hydrogen) atoms. The second kappa shape index (κ2) is 12.6. The number of nitrogens with zero attached hydrogens (tertiary/aromatic N) is 3. The first-order valence-electron chi connectivity index (χ1n) is 14.7. The van der Waals surface area contributed by atoms with Crippen molar-refractivity contribution in [2.45, 2.75) is 63.3 Å². The highest BCUT2D eigenvalue weighted by molar-refractivity contribution is 6.07. The molecule has 4 N–H and O–H groups in total. The predicted molar refractivity (Wildman–Crippen MR) is 159 cm³/mol. The molecule has 0 aromatic heterocycles. The fraction of sp³-hybridized carbons (Fsp3) is 0.452. The van der Waals surface area contributed by atoms with Crippen LogP contribution in [0.1, 0.15) is 50.2 Å². The van der Waals surface area contributed by atoms with Crippen LogP contribution in [0.3, 0.4) is 0 Å². The van der Waals surface area contributed by atoms with Crippen molar-refractivity contribution in [3.8, 4) is 0 Å². The normalized spacial score (nSPS) is 24.0. The minimum atomic E-state index is -2.09. The third kappa shape index (κ3) is 6.03. The van der Waals surface area contributed by atoms with Gasteiger partial charge in [-0.25, -0.2) is 0 Å². The number of hydrogen-bond acceptors (Lipinski definition) is 8. The number of carbonyl (C=O) groups excluding carboxylic acids is 3. The molecule has 2 aromatic rings. The molecule has 3 aliphatic rings. The van der Waals surface area contributed by atoms with Gasteiger partial charge in [-0.2, -0.15) is 0 Å². The van der Waals surface area contributed by atoms with Crippen LogP contribution in [0.25, 0.3) is 0 Å². The number of anilines is 2. The highest BCUT2D eigenvalue weighted by Gasteiger charge is 2.53. The Kier molecular flexibility index (Phi) is 8.90. The average Bonchev–Trinajstić information content (AvgIpc) is 3.75. The number of benzene rings is 2. The van der Waals surface area contributed by atoms with Gasteiger partial charge in [-0.15, -0.1) is 0 Å². The fourth-order valence-corrected chi connectivity index (χ4v) is 6.20. The highest BCUT2D eigenvalue weighted by atomic mass is 16.6. The standard InChI is InChI=1S/C31H37N5O7/c1-20(5-2-8-28(38)34-16-4-6-24(34)19-37)31(41)25-17-23(36(42)43)13-14-27(25)35(30(31)40)18-21-9-11-22(12-10-21)33-29(39)26-7-3-15-32-26/h2,5,9-14,17,20,24,26,32,37,41H,3-4,6-8,15-16,18-19H2,1H3,(H,33,39)/b5-2+/t20-,24-,26+,31+/m0/s1. The van der Waals surface area contributed by atoms with Crippen molar-refractivity contribution in [3.05, 3.63) is 75.9 Å². The van der Waals surface area contributed by atoms with Crippen LogP contribution in [0.4, 0.5) is 17.1 Å². The number of aliphatic hydroxyl groups excluding tert-OH is 1. The largest absolute Gasteiger partial charge is 0.394 e. The van der Waals surface area contributed by atoms with Crippen molar-refractivity contribution in [2.75, 3.05) is 29.9 Å². The molecule has 2 saturated heterocycles. The van der Waals surface area contributed by atoms with Crippen molar-refractivity contribution in [1.82, 2.24) is 10.2 Å². The lowest BCUT2D eigenvalue weighted by Gasteiger charge is -2.28. The molecule has 228 valence electrons. The minimum absolute atomic E-state index is 0.0380. The number of nitro benzene ring substituents is 1. The summed E-state index contributed by atoms with van der Waals surface area (Å²) in [6, 6.07) is 10.6. The molecule has 4 atom stereocenters. The van der Waals surface area contributed by atoms with E-state index in [0.29, 0.717) is 17.9 Å². The first-order valence-corrected chi connectivity index (χ1v) is 14.7. The molecule has 0 saturated carbocycles. The Hall–Kier alpha value is -4.13. The second-order valence-electron chi connectivity index (χ2n) is 11.4. The van der Waals surface area contributed by atoms with E-state index in [2.05, 4.69) is 10.6 Å². The van der Waals surface area contributed by atoms with E-state index in [4.69, 9.17) is 0 Å². The molecule has 0 aliphatic carbocycles. The summed E-state index contributed by atoms with van der Waals surface area (Å²) >= 11 is 0. The maximum atomic E-state index is 13.9. The van der Waals surface area contributed by atoms with Gasteiger partial charge in [0.25, 0.3) is 11.6 Å². The van der Waals surface area contributed by atoms with Crippen LogP contribution < -0.4 is 15.5 Å². The Morgan fingerprint density at radius 1 is 1.21 bits per heavy atom. The molecule has 3 heterocycles. The first-order chi connectivity index (χ1) is 20.6. The zero-order valence-electron chi connectivity index (χ0n) is 24.1. The third-order valence-electron chi connectivity index (χ3n) is 8.69. The van der Waals surface area contributed by atoms with Gasteiger partial charge in [0.05, 0.1) is 35.8 Å². The Bertz CT molecular complexity index is 1420. The van der Waals surface area contributed by atoms with Gasteiger partial charge in [-0.3, -0.25) is 24.5 Å². The number of carbonyl (C=O) groups is 3. The zero-order valence-corrected chi connectivity index (χ0v) is 24.1. The number of nitrogens with one attached hydrogen (secondary N) is 2. The lowest BCUT2D eigenvalue weighted by atomic mass is 9.82. The zero-order chi connectivity index (χ0) is 30.7. The fourth-order valence-electron chi connectivity index (χ4n) is 6.20. The van der Waals surface area contributed by atoms with Gasteiger partial charge in [0.15, 0.2) is 5.60 Å². The van der Waals surface area contributed by atoms with Crippen molar-refractivity contribution >= 4 is 34.8 Å². The summed E-state index contributed by atoms with van der Waals surface area (Å²) in [6.45, 7) is 3.02. The molecular formula is C31H37N5O7. The maximum Gasteiger partial charge on any atom is 0.269 e. The molecule has 3 aliphatic heterocycles. The molecule has 0 unspecified atom stereocenters. The minimum Gasteiger partial charge on any atom is -0.394 e. The second-order valence-corrected chi connectivity index (χ2v) is 11.4. The highest BCUT2D eigenvalue weighted by Crippen LogP contribution is 2.47. The lowest BCUT2D eigenvalue weighted by molar-refractivity contribution is -0.385. The van der Waals surface area contributed by atoms with Crippen LogP contribution in [-0.2, 0) is 26.5 Å². The van der Waals surface area contributed by atoms with Crippen LogP contribution in [0, 0.1) is 16.0 Å². The number of nitro groups is 1. The molecule has 0 spiro atoms. The Morgan fingerprint density at radius 2 is 1.98 bits per heavy atom. The molecule has 0 radical (unpaired) electrons. The Balaban J connectivity index is 1.34. The Labute approximate surface area is 249 Å². The number of rotatable bonds is 10. The van der Waals surface area contributed by atoms with Gasteiger partial charge in [0.2, 0.25) is 11.8 Å². The number of aliphatic hydroxyl groups is 2. The van der Waals surface area contributed by atoms with Crippen molar-refractivity contribution < 1.29 is 29.5 Å². The molecule has 5 rings (SSSR count). The van der Waals surface area contributed by atoms with Crippen molar-refractivity contribution in [3.63, 3.8) is 0 Å². The van der Waals surface area contributed by atoms with Crippen LogP contribution in [0.5, 0.6) is 0 Å². The number of hydrogen-bond donors (Lipinski definition) is 4. The summed E-state index contributed by atoms with van der Waals surface area (Å²) in [4.78, 5) is 53.1. The number of amides is 3. The molecule has 2 aromatic carbocycles. The summed E-state index contributed by atoms with van der Waals surface area (Å²) in [5.41, 5.74) is -0.499. The van der Waals surface area contributed by atoms with E-state index < -0.39 is 22.3 Å². The molecule has 12 heteroatoms. The van der Waals surface area contributed by atoms with E-state index in [1.54, 1.807) is 48.2 Å². The maximum absolute atomic E-state index is 13.9. The SMILES string of the molecule is C[C@@H](/C=C/CC(=O)N1CCC[C@H]1CO)[C@]1(O)C(=O)N(Cc2ccc(NC(=O)[C@H]3CCCN3)cc2)c2ccc([N+](=O)[O-])cc21. The van der Waals surface area contributed by atoms with Crippen molar-refractivity contribution in [1.29, 1.82) is 0 Å². The van der Waals surface area contributed by atoms with E-state index in [1.807, 2.05) is 0 Å². The van der Waals surface area contributed by atoms with Gasteiger partial charge in [-0.1, -0.05) is 31.2 Å². The van der Waals surface area contributed by atoms with Crippen LogP contribution >= 0.6 is 0 Å². The first kappa shape index (κ1) is 30.3. The summed E-state index contributed by atoms with van der Waals surface area (Å²) in [6.07, 6.45) is 6.53. The van der Waals surface area contributed by atoms with E-state index in [9.17, 15) is 34.7 Å². The quantitative estimate of drug-likeness (QED) is 0.186. The lowest BCUT2D eigenvalue weighted by Crippen LogP contribution is -2.44.